The smallest absolute Gasteiger partial charge is 0.252 e. The van der Waals surface area contributed by atoms with Crippen molar-refractivity contribution in [2.75, 3.05) is 5.32 Å². The molecule has 96 valence electrons. The van der Waals surface area contributed by atoms with E-state index in [1.54, 1.807) is 0 Å². The molecule has 0 aliphatic carbocycles. The van der Waals surface area contributed by atoms with Gasteiger partial charge in [0.2, 0.25) is 0 Å². The van der Waals surface area contributed by atoms with Crippen LogP contribution in [0.5, 0.6) is 0 Å². The first-order valence-electron chi connectivity index (χ1n) is 6.31. The number of aromatic amines is 1. The van der Waals surface area contributed by atoms with Crippen molar-refractivity contribution < 1.29 is 0 Å². The zero-order valence-corrected chi connectivity index (χ0v) is 11.4. The van der Waals surface area contributed by atoms with Crippen LogP contribution in [-0.2, 0) is 0 Å². The standard InChI is InChI=1S/C13H23N3O/c1-6-10(8(2)3)14-11-7-12(17)16-13(15-11)9(4)5/h7-10H,6H2,1-5H3,(H2,14,15,16,17). The summed E-state index contributed by atoms with van der Waals surface area (Å²) < 4.78 is 0. The molecule has 2 N–H and O–H groups in total. The number of hydrogen-bond acceptors (Lipinski definition) is 3. The Hall–Kier alpha value is -1.32. The number of hydrogen-bond donors (Lipinski definition) is 2. The summed E-state index contributed by atoms with van der Waals surface area (Å²) in [6, 6.07) is 1.88. The van der Waals surface area contributed by atoms with Crippen LogP contribution in [0.3, 0.4) is 0 Å². The molecule has 1 rings (SSSR count). The fourth-order valence-electron chi connectivity index (χ4n) is 1.75. The lowest BCUT2D eigenvalue weighted by Crippen LogP contribution is -2.26. The van der Waals surface area contributed by atoms with Crippen molar-refractivity contribution in [1.82, 2.24) is 9.97 Å². The number of H-pyrrole nitrogens is 1. The van der Waals surface area contributed by atoms with E-state index in [1.807, 2.05) is 13.8 Å². The van der Waals surface area contributed by atoms with Gasteiger partial charge in [-0.25, -0.2) is 4.98 Å². The largest absolute Gasteiger partial charge is 0.367 e. The summed E-state index contributed by atoms with van der Waals surface area (Å²) in [6.07, 6.45) is 1.02. The fraction of sp³-hybridized carbons (Fsp3) is 0.692. The molecule has 0 bridgehead atoms. The quantitative estimate of drug-likeness (QED) is 0.828. The SMILES string of the molecule is CCC(Nc1cc(=O)[nH]c(C(C)C)n1)C(C)C. The topological polar surface area (TPSA) is 57.8 Å². The minimum absolute atomic E-state index is 0.0928. The molecule has 0 saturated heterocycles. The van der Waals surface area contributed by atoms with Gasteiger partial charge in [-0.1, -0.05) is 34.6 Å². The van der Waals surface area contributed by atoms with Gasteiger partial charge in [0.05, 0.1) is 0 Å². The molecule has 0 spiro atoms. The first kappa shape index (κ1) is 13.7. The average molecular weight is 237 g/mol. The number of rotatable bonds is 5. The lowest BCUT2D eigenvalue weighted by molar-refractivity contribution is 0.509. The maximum absolute atomic E-state index is 11.5. The molecule has 0 aromatic carbocycles. The van der Waals surface area contributed by atoms with Crippen molar-refractivity contribution in [2.45, 2.75) is 53.0 Å². The minimum Gasteiger partial charge on any atom is -0.367 e. The average Bonchev–Trinajstić information content (AvgIpc) is 2.24. The number of nitrogens with zero attached hydrogens (tertiary/aromatic N) is 1. The van der Waals surface area contributed by atoms with Gasteiger partial charge in [0.25, 0.3) is 5.56 Å². The molecule has 1 aromatic heterocycles. The predicted octanol–water partition coefficient (Wildman–Crippen LogP) is 2.74. The molecule has 1 atom stereocenters. The van der Waals surface area contributed by atoms with Crippen LogP contribution in [0.4, 0.5) is 5.82 Å². The van der Waals surface area contributed by atoms with Crippen LogP contribution in [0.2, 0.25) is 0 Å². The molecule has 17 heavy (non-hydrogen) atoms. The van der Waals surface area contributed by atoms with Crippen LogP contribution in [-0.4, -0.2) is 16.0 Å². The van der Waals surface area contributed by atoms with Crippen molar-refractivity contribution in [2.24, 2.45) is 5.92 Å². The van der Waals surface area contributed by atoms with Crippen molar-refractivity contribution >= 4 is 5.82 Å². The lowest BCUT2D eigenvalue weighted by atomic mass is 10.0. The van der Waals surface area contributed by atoms with Gasteiger partial charge in [0.1, 0.15) is 11.6 Å². The summed E-state index contributed by atoms with van der Waals surface area (Å²) in [5.41, 5.74) is -0.0928. The van der Waals surface area contributed by atoms with Crippen molar-refractivity contribution in [3.63, 3.8) is 0 Å². The molecule has 0 aliphatic rings. The van der Waals surface area contributed by atoms with Gasteiger partial charge in [0, 0.05) is 18.0 Å². The molecular weight excluding hydrogens is 214 g/mol. The summed E-state index contributed by atoms with van der Waals surface area (Å²) in [4.78, 5) is 18.7. The Morgan fingerprint density at radius 2 is 2.00 bits per heavy atom. The Labute approximate surface area is 103 Å². The lowest BCUT2D eigenvalue weighted by Gasteiger charge is -2.21. The first-order valence-corrected chi connectivity index (χ1v) is 6.31. The van der Waals surface area contributed by atoms with E-state index in [-0.39, 0.29) is 11.5 Å². The maximum Gasteiger partial charge on any atom is 0.252 e. The first-order chi connectivity index (χ1) is 7.93. The number of nitrogens with one attached hydrogen (secondary N) is 2. The van der Waals surface area contributed by atoms with E-state index in [0.29, 0.717) is 17.8 Å². The van der Waals surface area contributed by atoms with Gasteiger partial charge in [-0.05, 0) is 12.3 Å². The molecule has 0 aliphatic heterocycles. The molecule has 4 nitrogen and oxygen atoms in total. The van der Waals surface area contributed by atoms with E-state index in [4.69, 9.17) is 0 Å². The highest BCUT2D eigenvalue weighted by Gasteiger charge is 2.12. The summed E-state index contributed by atoms with van der Waals surface area (Å²) in [6.45, 7) is 10.5. The second kappa shape index (κ2) is 5.84. The Morgan fingerprint density at radius 3 is 2.47 bits per heavy atom. The Kier molecular flexibility index (Phi) is 4.73. The van der Waals surface area contributed by atoms with E-state index < -0.39 is 0 Å². The van der Waals surface area contributed by atoms with E-state index in [9.17, 15) is 4.79 Å². The van der Waals surface area contributed by atoms with Crippen LogP contribution in [0.1, 0.15) is 52.8 Å². The van der Waals surface area contributed by atoms with E-state index >= 15 is 0 Å². The highest BCUT2D eigenvalue weighted by molar-refractivity contribution is 5.34. The van der Waals surface area contributed by atoms with E-state index in [0.717, 1.165) is 12.2 Å². The Bertz CT molecular complexity index is 409. The minimum atomic E-state index is -0.0928. The van der Waals surface area contributed by atoms with Crippen molar-refractivity contribution in [1.29, 1.82) is 0 Å². The molecule has 1 unspecified atom stereocenters. The number of anilines is 1. The Balaban J connectivity index is 2.94. The maximum atomic E-state index is 11.5. The van der Waals surface area contributed by atoms with Gasteiger partial charge in [-0.2, -0.15) is 0 Å². The van der Waals surface area contributed by atoms with E-state index in [2.05, 4.69) is 36.1 Å². The van der Waals surface area contributed by atoms with E-state index in [1.165, 1.54) is 6.07 Å². The monoisotopic (exact) mass is 237 g/mol. The molecule has 1 heterocycles. The van der Waals surface area contributed by atoms with Gasteiger partial charge in [-0.3, -0.25) is 4.79 Å². The normalized spacial score (nSPS) is 13.1. The highest BCUT2D eigenvalue weighted by Crippen LogP contribution is 2.14. The third-order valence-corrected chi connectivity index (χ3v) is 2.88. The second-order valence-electron chi connectivity index (χ2n) is 5.07. The summed E-state index contributed by atoms with van der Waals surface area (Å²) in [5.74, 6) is 2.16. The summed E-state index contributed by atoms with van der Waals surface area (Å²) >= 11 is 0. The van der Waals surface area contributed by atoms with Gasteiger partial charge in [-0.15, -0.1) is 0 Å². The van der Waals surface area contributed by atoms with Crippen LogP contribution in [0.15, 0.2) is 10.9 Å². The van der Waals surface area contributed by atoms with Gasteiger partial charge >= 0.3 is 0 Å². The molecule has 0 saturated carbocycles. The Morgan fingerprint density at radius 1 is 1.35 bits per heavy atom. The second-order valence-corrected chi connectivity index (χ2v) is 5.07. The molecule has 1 aromatic rings. The zero-order chi connectivity index (χ0) is 13.0. The molecule has 4 heteroatoms. The van der Waals surface area contributed by atoms with Gasteiger partial charge < -0.3 is 10.3 Å². The van der Waals surface area contributed by atoms with Crippen LogP contribution >= 0.6 is 0 Å². The fourth-order valence-corrected chi connectivity index (χ4v) is 1.75. The number of aromatic nitrogens is 2. The van der Waals surface area contributed by atoms with Crippen molar-refractivity contribution in [3.8, 4) is 0 Å². The van der Waals surface area contributed by atoms with Crippen molar-refractivity contribution in [3.05, 3.63) is 22.2 Å². The van der Waals surface area contributed by atoms with Crippen LogP contribution in [0.25, 0.3) is 0 Å². The molecular formula is C13H23N3O. The van der Waals surface area contributed by atoms with Crippen LogP contribution < -0.4 is 10.9 Å². The molecule has 0 fully saturated rings. The molecule has 0 amide bonds. The third kappa shape index (κ3) is 3.88. The zero-order valence-electron chi connectivity index (χ0n) is 11.4. The summed E-state index contributed by atoms with van der Waals surface area (Å²) in [7, 11) is 0. The summed E-state index contributed by atoms with van der Waals surface area (Å²) in [5, 5.41) is 3.33. The predicted molar refractivity (Wildman–Crippen MR) is 71.5 cm³/mol. The van der Waals surface area contributed by atoms with Crippen LogP contribution in [0, 0.1) is 5.92 Å². The van der Waals surface area contributed by atoms with Gasteiger partial charge in [0.15, 0.2) is 0 Å². The highest BCUT2D eigenvalue weighted by atomic mass is 16.1. The third-order valence-electron chi connectivity index (χ3n) is 2.88. The molecule has 0 radical (unpaired) electrons.